The number of rotatable bonds is 3. The minimum Gasteiger partial charge on any atom is -0.373 e. The SMILES string of the molecule is Cc1ccc(NC(=O)CN2CC(C)OC(C)C2)cc1C. The van der Waals surface area contributed by atoms with Crippen molar-refractivity contribution >= 4 is 11.6 Å². The Labute approximate surface area is 121 Å². The van der Waals surface area contributed by atoms with Gasteiger partial charge in [0.15, 0.2) is 0 Å². The molecule has 4 nitrogen and oxygen atoms in total. The van der Waals surface area contributed by atoms with Gasteiger partial charge in [-0.15, -0.1) is 0 Å². The summed E-state index contributed by atoms with van der Waals surface area (Å²) in [4.78, 5) is 14.2. The van der Waals surface area contributed by atoms with Crippen LogP contribution in [0.1, 0.15) is 25.0 Å². The second kappa shape index (κ2) is 6.37. The largest absolute Gasteiger partial charge is 0.373 e. The number of aryl methyl sites for hydroxylation is 2. The Morgan fingerprint density at radius 3 is 2.50 bits per heavy atom. The molecule has 0 aliphatic carbocycles. The van der Waals surface area contributed by atoms with Gasteiger partial charge in [-0.1, -0.05) is 6.07 Å². The molecule has 1 fully saturated rings. The van der Waals surface area contributed by atoms with E-state index in [-0.39, 0.29) is 18.1 Å². The van der Waals surface area contributed by atoms with Gasteiger partial charge in [0.1, 0.15) is 0 Å². The van der Waals surface area contributed by atoms with Crippen LogP contribution in [0.5, 0.6) is 0 Å². The first kappa shape index (κ1) is 15.0. The Balaban J connectivity index is 1.90. The molecule has 1 N–H and O–H groups in total. The lowest BCUT2D eigenvalue weighted by Crippen LogP contribution is -2.48. The molecule has 0 aromatic heterocycles. The normalized spacial score (nSPS) is 23.6. The highest BCUT2D eigenvalue weighted by Gasteiger charge is 2.23. The summed E-state index contributed by atoms with van der Waals surface area (Å²) in [6.07, 6.45) is 0.376. The monoisotopic (exact) mass is 276 g/mol. The molecule has 0 bridgehead atoms. The second-order valence-electron chi connectivity index (χ2n) is 5.80. The van der Waals surface area contributed by atoms with E-state index in [1.54, 1.807) is 0 Å². The molecule has 1 aromatic rings. The molecule has 2 rings (SSSR count). The van der Waals surface area contributed by atoms with Gasteiger partial charge >= 0.3 is 0 Å². The predicted octanol–water partition coefficient (Wildman–Crippen LogP) is 2.35. The number of carbonyl (C=O) groups excluding carboxylic acids is 1. The number of carbonyl (C=O) groups is 1. The topological polar surface area (TPSA) is 41.6 Å². The van der Waals surface area contributed by atoms with E-state index >= 15 is 0 Å². The maximum absolute atomic E-state index is 12.1. The summed E-state index contributed by atoms with van der Waals surface area (Å²) in [6, 6.07) is 5.99. The maximum Gasteiger partial charge on any atom is 0.238 e. The molecule has 0 radical (unpaired) electrons. The molecule has 1 heterocycles. The third-order valence-corrected chi connectivity index (χ3v) is 3.65. The smallest absolute Gasteiger partial charge is 0.238 e. The van der Waals surface area contributed by atoms with Gasteiger partial charge in [-0.05, 0) is 51.0 Å². The molecule has 1 saturated heterocycles. The van der Waals surface area contributed by atoms with Crippen molar-refractivity contribution in [2.24, 2.45) is 0 Å². The molecular weight excluding hydrogens is 252 g/mol. The number of nitrogens with zero attached hydrogens (tertiary/aromatic N) is 1. The van der Waals surface area contributed by atoms with Gasteiger partial charge in [0.05, 0.1) is 18.8 Å². The van der Waals surface area contributed by atoms with E-state index in [9.17, 15) is 4.79 Å². The summed E-state index contributed by atoms with van der Waals surface area (Å²) in [5.41, 5.74) is 3.29. The Morgan fingerprint density at radius 1 is 1.25 bits per heavy atom. The van der Waals surface area contributed by atoms with E-state index in [1.165, 1.54) is 11.1 Å². The minimum absolute atomic E-state index is 0.0366. The number of nitrogens with one attached hydrogen (secondary N) is 1. The van der Waals surface area contributed by atoms with Gasteiger partial charge in [-0.25, -0.2) is 0 Å². The van der Waals surface area contributed by atoms with Crippen molar-refractivity contribution < 1.29 is 9.53 Å². The van der Waals surface area contributed by atoms with Crippen molar-refractivity contribution in [1.29, 1.82) is 0 Å². The van der Waals surface area contributed by atoms with Crippen molar-refractivity contribution in [2.75, 3.05) is 25.0 Å². The van der Waals surface area contributed by atoms with Crippen LogP contribution >= 0.6 is 0 Å². The molecule has 0 spiro atoms. The molecule has 1 aliphatic heterocycles. The van der Waals surface area contributed by atoms with Crippen molar-refractivity contribution in [1.82, 2.24) is 4.90 Å². The minimum atomic E-state index is 0.0366. The summed E-state index contributed by atoms with van der Waals surface area (Å²) in [5.74, 6) is 0.0366. The van der Waals surface area contributed by atoms with Crippen LogP contribution in [0.2, 0.25) is 0 Å². The quantitative estimate of drug-likeness (QED) is 0.921. The molecular formula is C16H24N2O2. The zero-order valence-electron chi connectivity index (χ0n) is 12.8. The van der Waals surface area contributed by atoms with Crippen molar-refractivity contribution in [3.8, 4) is 0 Å². The van der Waals surface area contributed by atoms with E-state index in [0.717, 1.165) is 18.8 Å². The number of ether oxygens (including phenoxy) is 1. The highest BCUT2D eigenvalue weighted by atomic mass is 16.5. The zero-order chi connectivity index (χ0) is 14.7. The Morgan fingerprint density at radius 2 is 1.90 bits per heavy atom. The standard InChI is InChI=1S/C16H24N2O2/c1-11-5-6-15(7-12(11)2)17-16(19)10-18-8-13(3)20-14(4)9-18/h5-7,13-14H,8-10H2,1-4H3,(H,17,19). The van der Waals surface area contributed by atoms with Crippen LogP contribution in [0.3, 0.4) is 0 Å². The average Bonchev–Trinajstić information content (AvgIpc) is 2.32. The number of morpholine rings is 1. The Bertz CT molecular complexity index is 477. The second-order valence-corrected chi connectivity index (χ2v) is 5.80. The lowest BCUT2D eigenvalue weighted by atomic mass is 10.1. The molecule has 20 heavy (non-hydrogen) atoms. The fraction of sp³-hybridized carbons (Fsp3) is 0.562. The van der Waals surface area contributed by atoms with E-state index < -0.39 is 0 Å². The fourth-order valence-electron chi connectivity index (χ4n) is 2.64. The van der Waals surface area contributed by atoms with Crippen LogP contribution < -0.4 is 5.32 Å². The first-order chi connectivity index (χ1) is 9.44. The average molecular weight is 276 g/mol. The number of anilines is 1. The van der Waals surface area contributed by atoms with Gasteiger partial charge in [-0.2, -0.15) is 0 Å². The molecule has 1 aliphatic rings. The van der Waals surface area contributed by atoms with Gasteiger partial charge in [0.25, 0.3) is 0 Å². The van der Waals surface area contributed by atoms with Crippen LogP contribution in [-0.4, -0.2) is 42.6 Å². The van der Waals surface area contributed by atoms with Crippen LogP contribution in [0.15, 0.2) is 18.2 Å². The van der Waals surface area contributed by atoms with E-state index in [0.29, 0.717) is 6.54 Å². The first-order valence-electron chi connectivity index (χ1n) is 7.19. The van der Waals surface area contributed by atoms with Crippen LogP contribution in [0, 0.1) is 13.8 Å². The lowest BCUT2D eigenvalue weighted by Gasteiger charge is -2.34. The third-order valence-electron chi connectivity index (χ3n) is 3.65. The van der Waals surface area contributed by atoms with Crippen LogP contribution in [0.4, 0.5) is 5.69 Å². The molecule has 1 aromatic carbocycles. The van der Waals surface area contributed by atoms with Gasteiger partial charge < -0.3 is 10.1 Å². The Hall–Kier alpha value is -1.39. The summed E-state index contributed by atoms with van der Waals surface area (Å²) < 4.78 is 5.67. The fourth-order valence-corrected chi connectivity index (χ4v) is 2.64. The summed E-state index contributed by atoms with van der Waals surface area (Å²) in [6.45, 7) is 10.3. The third kappa shape index (κ3) is 4.05. The molecule has 4 heteroatoms. The summed E-state index contributed by atoms with van der Waals surface area (Å²) in [7, 11) is 0. The van der Waals surface area contributed by atoms with Gasteiger partial charge in [0, 0.05) is 18.8 Å². The van der Waals surface area contributed by atoms with Crippen LogP contribution in [-0.2, 0) is 9.53 Å². The number of hydrogen-bond donors (Lipinski definition) is 1. The van der Waals surface area contributed by atoms with Crippen molar-refractivity contribution in [3.05, 3.63) is 29.3 Å². The number of hydrogen-bond acceptors (Lipinski definition) is 3. The number of amides is 1. The maximum atomic E-state index is 12.1. The molecule has 2 unspecified atom stereocenters. The van der Waals surface area contributed by atoms with Crippen molar-refractivity contribution in [3.63, 3.8) is 0 Å². The van der Waals surface area contributed by atoms with Crippen molar-refractivity contribution in [2.45, 2.75) is 39.9 Å². The van der Waals surface area contributed by atoms with E-state index in [4.69, 9.17) is 4.74 Å². The van der Waals surface area contributed by atoms with Gasteiger partial charge in [0.2, 0.25) is 5.91 Å². The highest BCUT2D eigenvalue weighted by Crippen LogP contribution is 2.15. The van der Waals surface area contributed by atoms with E-state index in [2.05, 4.69) is 24.1 Å². The lowest BCUT2D eigenvalue weighted by molar-refractivity contribution is -0.121. The number of benzene rings is 1. The Kier molecular flexibility index (Phi) is 4.78. The van der Waals surface area contributed by atoms with Gasteiger partial charge in [-0.3, -0.25) is 9.69 Å². The van der Waals surface area contributed by atoms with Crippen LogP contribution in [0.25, 0.3) is 0 Å². The molecule has 0 saturated carbocycles. The first-order valence-corrected chi connectivity index (χ1v) is 7.19. The zero-order valence-corrected chi connectivity index (χ0v) is 12.8. The molecule has 1 amide bonds. The van der Waals surface area contributed by atoms with E-state index in [1.807, 2.05) is 32.0 Å². The summed E-state index contributed by atoms with van der Waals surface area (Å²) in [5, 5.41) is 2.97. The molecule has 2 atom stereocenters. The predicted molar refractivity (Wildman–Crippen MR) is 81.0 cm³/mol. The highest BCUT2D eigenvalue weighted by molar-refractivity contribution is 5.92. The molecule has 110 valence electrons. The summed E-state index contributed by atoms with van der Waals surface area (Å²) >= 11 is 0.